The van der Waals surface area contributed by atoms with Crippen LogP contribution in [0.25, 0.3) is 11.4 Å². The normalized spacial score (nSPS) is 10.5. The van der Waals surface area contributed by atoms with Gasteiger partial charge in [0.2, 0.25) is 11.8 Å². The summed E-state index contributed by atoms with van der Waals surface area (Å²) in [5.74, 6) is -0.156. The molecular formula is C13H14ClN5O2S. The Bertz CT molecular complexity index is 703. The Balaban J connectivity index is 2.04. The van der Waals surface area contributed by atoms with Gasteiger partial charge >= 0.3 is 0 Å². The van der Waals surface area contributed by atoms with E-state index in [1.54, 1.807) is 17.7 Å². The van der Waals surface area contributed by atoms with E-state index in [0.29, 0.717) is 16.0 Å². The molecule has 2 rings (SSSR count). The molecule has 9 heteroatoms. The summed E-state index contributed by atoms with van der Waals surface area (Å²) in [6.07, 6.45) is 0. The average Bonchev–Trinajstić information content (AvgIpc) is 2.84. The summed E-state index contributed by atoms with van der Waals surface area (Å²) < 4.78 is 1.76. The number of rotatable bonds is 6. The van der Waals surface area contributed by atoms with Gasteiger partial charge in [-0.15, -0.1) is 10.2 Å². The Morgan fingerprint density at radius 3 is 2.77 bits per heavy atom. The zero-order valence-electron chi connectivity index (χ0n) is 11.7. The Kier molecular flexibility index (Phi) is 5.40. The topological polar surface area (TPSA) is 103 Å². The van der Waals surface area contributed by atoms with E-state index in [0.717, 1.165) is 5.56 Å². The van der Waals surface area contributed by atoms with Gasteiger partial charge in [0.1, 0.15) is 0 Å². The second kappa shape index (κ2) is 7.28. The van der Waals surface area contributed by atoms with E-state index < -0.39 is 5.91 Å². The number of nitrogens with zero attached hydrogens (tertiary/aromatic N) is 3. The quantitative estimate of drug-likeness (QED) is 0.759. The van der Waals surface area contributed by atoms with Crippen molar-refractivity contribution in [3.05, 3.63) is 29.3 Å². The maximum atomic E-state index is 11.5. The molecular weight excluding hydrogens is 326 g/mol. The third-order valence-corrected chi connectivity index (χ3v) is 4.09. The van der Waals surface area contributed by atoms with Crippen LogP contribution in [0.1, 0.15) is 0 Å². The summed E-state index contributed by atoms with van der Waals surface area (Å²) in [4.78, 5) is 22.1. The molecule has 3 N–H and O–H groups in total. The number of hydrogen-bond acceptors (Lipinski definition) is 5. The molecule has 0 bridgehead atoms. The molecule has 7 nitrogen and oxygen atoms in total. The predicted octanol–water partition coefficient (Wildman–Crippen LogP) is 0.829. The molecule has 0 radical (unpaired) electrons. The molecule has 0 atom stereocenters. The summed E-state index contributed by atoms with van der Waals surface area (Å²) >= 11 is 7.35. The molecule has 1 aromatic heterocycles. The fraction of sp³-hybridized carbons (Fsp3) is 0.231. The number of carbonyl (C=O) groups is 2. The minimum absolute atomic E-state index is 0.113. The number of thioether (sulfide) groups is 1. The van der Waals surface area contributed by atoms with E-state index in [1.165, 1.54) is 11.8 Å². The maximum Gasteiger partial charge on any atom is 0.236 e. The number of halogens is 1. The van der Waals surface area contributed by atoms with E-state index in [-0.39, 0.29) is 18.2 Å². The number of primary amides is 1. The lowest BCUT2D eigenvalue weighted by Gasteiger charge is -2.05. The Labute approximate surface area is 136 Å². The molecule has 0 aliphatic heterocycles. The molecule has 1 aromatic carbocycles. The highest BCUT2D eigenvalue weighted by Crippen LogP contribution is 2.28. The lowest BCUT2D eigenvalue weighted by molar-refractivity contribution is -0.123. The number of nitrogens with one attached hydrogen (secondary N) is 1. The van der Waals surface area contributed by atoms with Crippen LogP contribution in [-0.4, -0.2) is 38.9 Å². The molecule has 0 saturated carbocycles. The number of hydrogen-bond donors (Lipinski definition) is 2. The van der Waals surface area contributed by atoms with Gasteiger partial charge in [-0.3, -0.25) is 9.59 Å². The van der Waals surface area contributed by atoms with Crippen LogP contribution in [0.5, 0.6) is 0 Å². The van der Waals surface area contributed by atoms with Gasteiger partial charge in [0.15, 0.2) is 11.0 Å². The molecule has 2 amide bonds. The molecule has 22 heavy (non-hydrogen) atoms. The van der Waals surface area contributed by atoms with Gasteiger partial charge in [-0.1, -0.05) is 35.5 Å². The highest BCUT2D eigenvalue weighted by Gasteiger charge is 2.14. The Morgan fingerprint density at radius 1 is 1.36 bits per heavy atom. The standard InChI is InChI=1S/C13H14ClN5O2S/c1-19-12(8-4-2-3-5-9(8)14)17-18-13(19)22-7-11(21)16-6-10(15)20/h2-5H,6-7H2,1H3,(H2,15,20)(H,16,21). The minimum atomic E-state index is -0.585. The zero-order valence-corrected chi connectivity index (χ0v) is 13.3. The first-order chi connectivity index (χ1) is 10.5. The van der Waals surface area contributed by atoms with E-state index in [2.05, 4.69) is 15.5 Å². The fourth-order valence-electron chi connectivity index (χ4n) is 1.68. The fourth-order valence-corrected chi connectivity index (χ4v) is 2.65. The van der Waals surface area contributed by atoms with Crippen molar-refractivity contribution < 1.29 is 9.59 Å². The Morgan fingerprint density at radius 2 is 2.09 bits per heavy atom. The van der Waals surface area contributed by atoms with Crippen molar-refractivity contribution in [2.45, 2.75) is 5.16 Å². The molecule has 0 fully saturated rings. The minimum Gasteiger partial charge on any atom is -0.368 e. The largest absolute Gasteiger partial charge is 0.368 e. The molecule has 0 saturated heterocycles. The molecule has 0 spiro atoms. The lowest BCUT2D eigenvalue weighted by atomic mass is 10.2. The van der Waals surface area contributed by atoms with Gasteiger partial charge in [0.05, 0.1) is 17.3 Å². The molecule has 0 aliphatic rings. The molecule has 0 aliphatic carbocycles. The van der Waals surface area contributed by atoms with Gasteiger partial charge in [-0.25, -0.2) is 0 Å². The number of aromatic nitrogens is 3. The van der Waals surface area contributed by atoms with Crippen molar-refractivity contribution in [3.63, 3.8) is 0 Å². The van der Waals surface area contributed by atoms with Crippen LogP contribution in [0.15, 0.2) is 29.4 Å². The van der Waals surface area contributed by atoms with Crippen LogP contribution in [0, 0.1) is 0 Å². The molecule has 2 aromatic rings. The SMILES string of the molecule is Cn1c(SCC(=O)NCC(N)=O)nnc1-c1ccccc1Cl. The highest BCUT2D eigenvalue weighted by atomic mass is 35.5. The van der Waals surface area contributed by atoms with Gasteiger partial charge in [0, 0.05) is 12.6 Å². The highest BCUT2D eigenvalue weighted by molar-refractivity contribution is 7.99. The van der Waals surface area contributed by atoms with E-state index >= 15 is 0 Å². The number of carbonyl (C=O) groups excluding carboxylic acids is 2. The van der Waals surface area contributed by atoms with Crippen molar-refractivity contribution in [3.8, 4) is 11.4 Å². The van der Waals surface area contributed by atoms with Crippen LogP contribution in [0.2, 0.25) is 5.02 Å². The van der Waals surface area contributed by atoms with Crippen LogP contribution in [-0.2, 0) is 16.6 Å². The zero-order chi connectivity index (χ0) is 16.1. The van der Waals surface area contributed by atoms with Crippen molar-refractivity contribution in [2.75, 3.05) is 12.3 Å². The number of benzene rings is 1. The molecule has 0 unspecified atom stereocenters. The Hall–Kier alpha value is -2.06. The predicted molar refractivity (Wildman–Crippen MR) is 84.4 cm³/mol. The van der Waals surface area contributed by atoms with Gasteiger partial charge in [-0.2, -0.15) is 0 Å². The van der Waals surface area contributed by atoms with Crippen molar-refractivity contribution in [2.24, 2.45) is 12.8 Å². The lowest BCUT2D eigenvalue weighted by Crippen LogP contribution is -2.34. The number of amides is 2. The first kappa shape index (κ1) is 16.3. The van der Waals surface area contributed by atoms with E-state index in [1.807, 2.05) is 18.2 Å². The second-order valence-electron chi connectivity index (χ2n) is 4.38. The van der Waals surface area contributed by atoms with Crippen molar-refractivity contribution in [1.29, 1.82) is 0 Å². The molecule has 1 heterocycles. The smallest absolute Gasteiger partial charge is 0.236 e. The first-order valence-corrected chi connectivity index (χ1v) is 7.67. The van der Waals surface area contributed by atoms with Gasteiger partial charge in [0.25, 0.3) is 0 Å². The van der Waals surface area contributed by atoms with Gasteiger partial charge in [-0.05, 0) is 12.1 Å². The molecule has 116 valence electrons. The summed E-state index contributed by atoms with van der Waals surface area (Å²) in [5, 5.41) is 11.7. The monoisotopic (exact) mass is 339 g/mol. The summed E-state index contributed by atoms with van der Waals surface area (Å²) in [7, 11) is 1.79. The second-order valence-corrected chi connectivity index (χ2v) is 5.73. The third kappa shape index (κ3) is 3.99. The first-order valence-electron chi connectivity index (χ1n) is 6.31. The van der Waals surface area contributed by atoms with E-state index in [4.69, 9.17) is 17.3 Å². The number of nitrogens with two attached hydrogens (primary N) is 1. The third-order valence-electron chi connectivity index (χ3n) is 2.74. The van der Waals surface area contributed by atoms with Crippen LogP contribution < -0.4 is 11.1 Å². The summed E-state index contributed by atoms with van der Waals surface area (Å²) in [6, 6.07) is 7.32. The summed E-state index contributed by atoms with van der Waals surface area (Å²) in [6.45, 7) is -0.177. The van der Waals surface area contributed by atoms with Gasteiger partial charge < -0.3 is 15.6 Å². The van der Waals surface area contributed by atoms with E-state index in [9.17, 15) is 9.59 Å². The van der Waals surface area contributed by atoms with Crippen LogP contribution >= 0.6 is 23.4 Å². The summed E-state index contributed by atoms with van der Waals surface area (Å²) in [5.41, 5.74) is 5.72. The maximum absolute atomic E-state index is 11.5. The van der Waals surface area contributed by atoms with Crippen molar-refractivity contribution >= 4 is 35.2 Å². The van der Waals surface area contributed by atoms with Crippen molar-refractivity contribution in [1.82, 2.24) is 20.1 Å². The average molecular weight is 340 g/mol. The van der Waals surface area contributed by atoms with Crippen LogP contribution in [0.3, 0.4) is 0 Å². The van der Waals surface area contributed by atoms with Crippen LogP contribution in [0.4, 0.5) is 0 Å².